The van der Waals surface area contributed by atoms with E-state index < -0.39 is 16.1 Å². The summed E-state index contributed by atoms with van der Waals surface area (Å²) in [5, 5.41) is 1.24. The van der Waals surface area contributed by atoms with Gasteiger partial charge < -0.3 is 16.8 Å². The molecule has 0 aliphatic heterocycles. The molecule has 5 aromatic heterocycles. The first-order valence-electron chi connectivity index (χ1n) is 12.5. The number of fused-ring (bicyclic) bond motifs is 3. The van der Waals surface area contributed by atoms with Gasteiger partial charge in [-0.15, -0.1) is 0 Å². The minimum absolute atomic E-state index is 0.428. The summed E-state index contributed by atoms with van der Waals surface area (Å²) in [6.07, 6.45) is 0. The Kier molecular flexibility index (Phi) is 4.56. The first-order valence-corrected chi connectivity index (χ1v) is 14.7. The van der Waals surface area contributed by atoms with Crippen molar-refractivity contribution in [3.63, 3.8) is 0 Å². The molecule has 5 heterocycles. The summed E-state index contributed by atoms with van der Waals surface area (Å²) in [6.45, 7) is 0. The second kappa shape index (κ2) is 8.30. The van der Waals surface area contributed by atoms with Crippen molar-refractivity contribution in [3.8, 4) is 33.4 Å². The van der Waals surface area contributed by atoms with Gasteiger partial charge in [-0.25, -0.2) is 0 Å². The van der Waals surface area contributed by atoms with Crippen LogP contribution in [0.5, 0.6) is 0 Å². The molecule has 5 aromatic carbocycles. The Labute approximate surface area is 225 Å². The molecule has 8 nitrogen and oxygen atoms in total. The molecule has 10 heteroatoms. The normalized spacial score (nSPS) is 12.4. The van der Waals surface area contributed by atoms with E-state index in [4.69, 9.17) is 34.7 Å². The lowest BCUT2D eigenvalue weighted by atomic mass is 9.85. The van der Waals surface area contributed by atoms with Crippen molar-refractivity contribution < 1.29 is 34.7 Å². The Morgan fingerprint density at radius 3 is 1.48 bits per heavy atom. The van der Waals surface area contributed by atoms with Crippen LogP contribution >= 0.6 is 16.1 Å². The van der Waals surface area contributed by atoms with Crippen LogP contribution in [-0.4, -0.2) is 0 Å². The molecule has 40 heavy (non-hydrogen) atoms. The third-order valence-electron chi connectivity index (χ3n) is 7.05. The number of hydrogen-bond donors (Lipinski definition) is 0. The molecule has 0 radical (unpaired) electrons. The van der Waals surface area contributed by atoms with E-state index in [-0.39, 0.29) is 0 Å². The van der Waals surface area contributed by atoms with Gasteiger partial charge in [-0.3, -0.25) is 9.15 Å². The van der Waals surface area contributed by atoms with Crippen LogP contribution in [0.25, 0.3) is 77.7 Å². The molecule has 1 unspecified atom stereocenters. The molecule has 0 N–H and O–H groups in total. The van der Waals surface area contributed by atoms with Crippen molar-refractivity contribution in [1.29, 1.82) is 0 Å². The van der Waals surface area contributed by atoms with Crippen LogP contribution < -0.4 is 0 Å². The third kappa shape index (κ3) is 3.09. The highest BCUT2D eigenvalue weighted by atomic mass is 31.1. The fraction of sp³-hybridized carbons (Fsp3) is 0. The Morgan fingerprint density at radius 1 is 0.425 bits per heavy atom. The van der Waals surface area contributed by atoms with Crippen molar-refractivity contribution >= 4 is 60.4 Å². The smallest absolute Gasteiger partial charge is 0.387 e. The van der Waals surface area contributed by atoms with Gasteiger partial charge in [0.2, 0.25) is 11.2 Å². The Bertz CT molecular complexity index is 2280. The van der Waals surface area contributed by atoms with Gasteiger partial charge in [-0.2, -0.15) is 8.71 Å². The Hall–Kier alpha value is -4.90. The summed E-state index contributed by atoms with van der Waals surface area (Å²) < 4.78 is 47.4. The van der Waals surface area contributed by atoms with Gasteiger partial charge in [0.05, 0.1) is 5.39 Å². The molecule has 194 valence electrons. The van der Waals surface area contributed by atoms with Gasteiger partial charge in [-0.05, 0) is 22.8 Å². The van der Waals surface area contributed by atoms with E-state index in [1.54, 1.807) is 0 Å². The monoisotopic (exact) mass is 566 g/mol. The Morgan fingerprint density at radius 2 is 0.925 bits per heavy atom. The fourth-order valence-electron chi connectivity index (χ4n) is 5.42. The van der Waals surface area contributed by atoms with Gasteiger partial charge in [0, 0.05) is 22.1 Å². The average Bonchev–Trinajstić information content (AvgIpc) is 3.60. The summed E-state index contributed by atoms with van der Waals surface area (Å²) >= 11 is 0. The zero-order valence-electron chi connectivity index (χ0n) is 20.4. The minimum atomic E-state index is -2.14. The predicted molar refractivity (Wildman–Crippen MR) is 151 cm³/mol. The lowest BCUT2D eigenvalue weighted by Crippen LogP contribution is -1.95. The number of hydrogen-bond acceptors (Lipinski definition) is 8. The maximum absolute atomic E-state index is 6.13. The average molecular weight is 566 g/mol. The summed E-state index contributed by atoms with van der Waals surface area (Å²) in [5.41, 5.74) is 8.32. The zero-order valence-corrected chi connectivity index (χ0v) is 22.2. The second-order valence-corrected chi connectivity index (χ2v) is 11.2. The SMILES string of the molecule is c1ccc(-c2c(-c3ccccc3)c3oop4ooc(c2-c2ccccc2)c3c2cc3op5oc3c(o5)c2o4)cc1. The maximum Gasteiger partial charge on any atom is 0.528 e. The molecule has 0 saturated carbocycles. The fourth-order valence-corrected chi connectivity index (χ4v) is 7.15. The molecule has 1 atom stereocenters. The van der Waals surface area contributed by atoms with Crippen molar-refractivity contribution in [2.45, 2.75) is 0 Å². The molecule has 0 spiro atoms. The predicted octanol–water partition coefficient (Wildman–Crippen LogP) is 11.5. The van der Waals surface area contributed by atoms with Crippen molar-refractivity contribution in [2.75, 3.05) is 0 Å². The van der Waals surface area contributed by atoms with E-state index in [1.165, 1.54) is 0 Å². The van der Waals surface area contributed by atoms with Crippen molar-refractivity contribution in [3.05, 3.63) is 97.1 Å². The van der Waals surface area contributed by atoms with E-state index in [0.29, 0.717) is 44.3 Å². The molecule has 0 aliphatic rings. The molecule has 6 bridgehead atoms. The highest BCUT2D eigenvalue weighted by Gasteiger charge is 2.29. The molecular weight excluding hydrogens is 550 g/mol. The van der Waals surface area contributed by atoms with E-state index in [1.807, 2.05) is 84.9 Å². The molecule has 10 rings (SSSR count). The summed E-state index contributed by atoms with van der Waals surface area (Å²) in [4.78, 5) is 0. The van der Waals surface area contributed by atoms with E-state index >= 15 is 0 Å². The number of rotatable bonds is 3. The molecule has 0 aliphatic carbocycles. The van der Waals surface area contributed by atoms with Crippen molar-refractivity contribution in [2.24, 2.45) is 0 Å². The van der Waals surface area contributed by atoms with Crippen molar-refractivity contribution in [1.82, 2.24) is 0 Å². The quantitative estimate of drug-likeness (QED) is 0.194. The van der Waals surface area contributed by atoms with Gasteiger partial charge in [0.25, 0.3) is 0 Å². The lowest BCUT2D eigenvalue weighted by molar-refractivity contribution is 0.0645. The van der Waals surface area contributed by atoms with Crippen LogP contribution in [0, 0.1) is 0 Å². The third-order valence-corrected chi connectivity index (χ3v) is 8.79. The molecular formula is C30H16O8P2. The Balaban J connectivity index is 1.63. The molecule has 0 saturated heterocycles. The summed E-state index contributed by atoms with van der Waals surface area (Å²) in [7, 11) is -3.67. The van der Waals surface area contributed by atoms with Crippen LogP contribution in [0.1, 0.15) is 0 Å². The molecule has 0 amide bonds. The molecule has 0 fully saturated rings. The van der Waals surface area contributed by atoms with Gasteiger partial charge in [0.15, 0.2) is 22.3 Å². The summed E-state index contributed by atoms with van der Waals surface area (Å²) in [6, 6.07) is 32.2. The first kappa shape index (κ1) is 22.0. The van der Waals surface area contributed by atoms with E-state index in [0.717, 1.165) is 33.4 Å². The van der Waals surface area contributed by atoms with E-state index in [2.05, 4.69) is 12.1 Å². The zero-order chi connectivity index (χ0) is 26.2. The lowest BCUT2D eigenvalue weighted by Gasteiger charge is -2.18. The highest BCUT2D eigenvalue weighted by molar-refractivity contribution is 7.27. The first-order chi connectivity index (χ1) is 19.8. The highest BCUT2D eigenvalue weighted by Crippen LogP contribution is 2.52. The topological polar surface area (TPSA) is 105 Å². The van der Waals surface area contributed by atoms with E-state index in [9.17, 15) is 0 Å². The molecule has 10 aromatic rings. The van der Waals surface area contributed by atoms with Gasteiger partial charge in [0.1, 0.15) is 0 Å². The van der Waals surface area contributed by atoms with Crippen LogP contribution in [-0.2, 0) is 0 Å². The maximum atomic E-state index is 6.13. The minimum Gasteiger partial charge on any atom is -0.387 e. The van der Waals surface area contributed by atoms with Gasteiger partial charge in [-0.1, -0.05) is 91.0 Å². The summed E-state index contributed by atoms with van der Waals surface area (Å²) in [5.74, 6) is 0. The largest absolute Gasteiger partial charge is 0.528 e. The van der Waals surface area contributed by atoms with Crippen LogP contribution in [0.3, 0.4) is 0 Å². The van der Waals surface area contributed by atoms with Crippen LogP contribution in [0.2, 0.25) is 0 Å². The van der Waals surface area contributed by atoms with Crippen LogP contribution in [0.15, 0.2) is 132 Å². The van der Waals surface area contributed by atoms with Gasteiger partial charge >= 0.3 is 16.1 Å². The second-order valence-electron chi connectivity index (χ2n) is 9.29. The van der Waals surface area contributed by atoms with Crippen LogP contribution in [0.4, 0.5) is 0 Å². The standard InChI is InChI=1S/C30H16O8P2/c1-4-10-17(11-5-1)22-23(18-12-6-2-7-13-18)28-25-20-16-21-27-30(36-39(33-21)35-27)26(20)34-40(37-31-28)38-32-29(25)24(22)19-14-8-3-9-15-19/h1-16H. The number of benzene rings is 5.